The Morgan fingerprint density at radius 3 is 1.69 bits per heavy atom. The highest BCUT2D eigenvalue weighted by Crippen LogP contribution is 2.28. The van der Waals surface area contributed by atoms with E-state index in [0.29, 0.717) is 5.75 Å². The first-order valence-corrected chi connectivity index (χ1v) is 9.71. The molecule has 3 heteroatoms. The Morgan fingerprint density at radius 1 is 0.615 bits per heavy atom. The maximum absolute atomic E-state index is 9.28. The molecule has 0 amide bonds. The van der Waals surface area contributed by atoms with E-state index in [4.69, 9.17) is 9.47 Å². The van der Waals surface area contributed by atoms with E-state index in [1.54, 1.807) is 26.4 Å². The van der Waals surface area contributed by atoms with Crippen molar-refractivity contribution >= 4 is 0 Å². The Balaban J connectivity index is 1.51. The quantitative estimate of drug-likeness (QED) is 0.479. The first-order chi connectivity index (χ1) is 12.7. The fraction of sp³-hybridized carbons (Fsp3) is 0.478. The maximum atomic E-state index is 9.28. The van der Waals surface area contributed by atoms with Crippen LogP contribution in [0.5, 0.6) is 17.2 Å². The van der Waals surface area contributed by atoms with Crippen LogP contribution < -0.4 is 9.47 Å². The fourth-order valence-corrected chi connectivity index (χ4v) is 3.24. The minimum Gasteiger partial charge on any atom is -0.508 e. The lowest BCUT2D eigenvalue weighted by atomic mass is 10.0. The van der Waals surface area contributed by atoms with Crippen LogP contribution in [-0.2, 0) is 12.8 Å². The number of ether oxygens (including phenoxy) is 2. The summed E-state index contributed by atoms with van der Waals surface area (Å²) in [7, 11) is 3.35. The zero-order valence-corrected chi connectivity index (χ0v) is 16.2. The molecule has 0 spiro atoms. The molecule has 3 nitrogen and oxygen atoms in total. The van der Waals surface area contributed by atoms with Crippen molar-refractivity contribution in [2.75, 3.05) is 14.2 Å². The van der Waals surface area contributed by atoms with Gasteiger partial charge in [0.2, 0.25) is 0 Å². The zero-order chi connectivity index (χ0) is 18.6. The standard InChI is InChI=1S/C23H32O3/c1-25-22-17-14-20(18-23(22)26-2)11-9-7-5-3-4-6-8-10-19-12-15-21(24)16-13-19/h12-18,24H,3-11H2,1-2H3. The van der Waals surface area contributed by atoms with Gasteiger partial charge >= 0.3 is 0 Å². The van der Waals surface area contributed by atoms with Crippen molar-refractivity contribution in [2.24, 2.45) is 0 Å². The summed E-state index contributed by atoms with van der Waals surface area (Å²) in [6.45, 7) is 0. The minimum absolute atomic E-state index is 0.349. The molecule has 1 N–H and O–H groups in total. The van der Waals surface area contributed by atoms with Gasteiger partial charge in [0, 0.05) is 0 Å². The Hall–Kier alpha value is -2.16. The molecule has 0 radical (unpaired) electrons. The van der Waals surface area contributed by atoms with Crippen LogP contribution in [0.1, 0.15) is 56.1 Å². The number of phenols is 1. The van der Waals surface area contributed by atoms with Crippen molar-refractivity contribution in [3.63, 3.8) is 0 Å². The lowest BCUT2D eigenvalue weighted by molar-refractivity contribution is 0.354. The van der Waals surface area contributed by atoms with Gasteiger partial charge < -0.3 is 14.6 Å². The van der Waals surface area contributed by atoms with E-state index in [0.717, 1.165) is 24.3 Å². The van der Waals surface area contributed by atoms with E-state index in [1.165, 1.54) is 56.1 Å². The number of hydrogen-bond donors (Lipinski definition) is 1. The van der Waals surface area contributed by atoms with Crippen LogP contribution in [0.3, 0.4) is 0 Å². The third-order valence-corrected chi connectivity index (χ3v) is 4.82. The van der Waals surface area contributed by atoms with Crippen LogP contribution in [0.15, 0.2) is 42.5 Å². The summed E-state index contributed by atoms with van der Waals surface area (Å²) in [6.07, 6.45) is 11.2. The zero-order valence-electron chi connectivity index (χ0n) is 16.2. The normalized spacial score (nSPS) is 10.7. The number of hydrogen-bond acceptors (Lipinski definition) is 3. The highest BCUT2D eigenvalue weighted by Gasteiger charge is 2.04. The number of unbranched alkanes of at least 4 members (excludes halogenated alkanes) is 6. The Labute approximate surface area is 158 Å². The van der Waals surface area contributed by atoms with Crippen LogP contribution >= 0.6 is 0 Å². The van der Waals surface area contributed by atoms with E-state index < -0.39 is 0 Å². The summed E-state index contributed by atoms with van der Waals surface area (Å²) in [5.74, 6) is 1.96. The number of aromatic hydroxyl groups is 1. The molecule has 0 aliphatic carbocycles. The number of rotatable bonds is 12. The molecular formula is C23H32O3. The van der Waals surface area contributed by atoms with Crippen LogP contribution in [0.25, 0.3) is 0 Å². The predicted octanol–water partition coefficient (Wildman–Crippen LogP) is 5.93. The number of methoxy groups -OCH3 is 2. The molecule has 2 aromatic rings. The van der Waals surface area contributed by atoms with Gasteiger partial charge in [-0.05, 0) is 61.1 Å². The maximum Gasteiger partial charge on any atom is 0.160 e. The fourth-order valence-electron chi connectivity index (χ4n) is 3.24. The minimum atomic E-state index is 0.349. The Morgan fingerprint density at radius 2 is 1.12 bits per heavy atom. The van der Waals surface area contributed by atoms with Crippen molar-refractivity contribution in [3.05, 3.63) is 53.6 Å². The van der Waals surface area contributed by atoms with Gasteiger partial charge in [-0.1, -0.05) is 50.3 Å². The van der Waals surface area contributed by atoms with Crippen LogP contribution in [0.4, 0.5) is 0 Å². The van der Waals surface area contributed by atoms with Crippen LogP contribution in [0.2, 0.25) is 0 Å². The Bertz CT molecular complexity index is 634. The van der Waals surface area contributed by atoms with Crippen LogP contribution in [0, 0.1) is 0 Å². The summed E-state index contributed by atoms with van der Waals surface area (Å²) in [5, 5.41) is 9.28. The molecule has 0 aliphatic rings. The van der Waals surface area contributed by atoms with E-state index in [9.17, 15) is 5.11 Å². The molecule has 0 unspecified atom stereocenters. The molecule has 0 fully saturated rings. The Kier molecular flexibility index (Phi) is 8.88. The van der Waals surface area contributed by atoms with Gasteiger partial charge in [-0.3, -0.25) is 0 Å². The summed E-state index contributed by atoms with van der Waals surface area (Å²) in [4.78, 5) is 0. The van der Waals surface area contributed by atoms with Gasteiger partial charge in [-0.15, -0.1) is 0 Å². The van der Waals surface area contributed by atoms with Gasteiger partial charge in [0.15, 0.2) is 11.5 Å². The van der Waals surface area contributed by atoms with E-state index >= 15 is 0 Å². The van der Waals surface area contributed by atoms with Gasteiger partial charge in [0.25, 0.3) is 0 Å². The molecule has 26 heavy (non-hydrogen) atoms. The summed E-state index contributed by atoms with van der Waals surface area (Å²) in [6, 6.07) is 13.8. The van der Waals surface area contributed by atoms with Crippen molar-refractivity contribution in [1.82, 2.24) is 0 Å². The summed E-state index contributed by atoms with van der Waals surface area (Å²) in [5.41, 5.74) is 2.63. The van der Waals surface area contributed by atoms with E-state index in [2.05, 4.69) is 12.1 Å². The smallest absolute Gasteiger partial charge is 0.160 e. The first-order valence-electron chi connectivity index (χ1n) is 9.71. The predicted molar refractivity (Wildman–Crippen MR) is 107 cm³/mol. The van der Waals surface area contributed by atoms with Gasteiger partial charge in [-0.2, -0.15) is 0 Å². The second-order valence-corrected chi connectivity index (χ2v) is 6.83. The average Bonchev–Trinajstić information content (AvgIpc) is 2.67. The second kappa shape index (κ2) is 11.5. The molecule has 142 valence electrons. The summed E-state index contributed by atoms with van der Waals surface area (Å²) < 4.78 is 10.6. The topological polar surface area (TPSA) is 38.7 Å². The van der Waals surface area contributed by atoms with Crippen molar-refractivity contribution < 1.29 is 14.6 Å². The number of aryl methyl sites for hydroxylation is 2. The molecule has 0 aliphatic heterocycles. The van der Waals surface area contributed by atoms with Gasteiger partial charge in [0.1, 0.15) is 5.75 Å². The molecule has 0 bridgehead atoms. The van der Waals surface area contributed by atoms with Gasteiger partial charge in [-0.25, -0.2) is 0 Å². The molecular weight excluding hydrogens is 324 g/mol. The molecule has 2 aromatic carbocycles. The van der Waals surface area contributed by atoms with E-state index in [1.807, 2.05) is 18.2 Å². The molecule has 0 atom stereocenters. The SMILES string of the molecule is COc1ccc(CCCCCCCCCc2ccc(O)cc2)cc1OC. The average molecular weight is 357 g/mol. The van der Waals surface area contributed by atoms with E-state index in [-0.39, 0.29) is 0 Å². The first kappa shape index (κ1) is 20.2. The molecule has 0 heterocycles. The van der Waals surface area contributed by atoms with Crippen LogP contribution in [-0.4, -0.2) is 19.3 Å². The highest BCUT2D eigenvalue weighted by molar-refractivity contribution is 5.42. The third kappa shape index (κ3) is 6.99. The third-order valence-electron chi connectivity index (χ3n) is 4.82. The molecule has 0 aromatic heterocycles. The van der Waals surface area contributed by atoms with Crippen molar-refractivity contribution in [1.29, 1.82) is 0 Å². The van der Waals surface area contributed by atoms with Crippen molar-refractivity contribution in [3.8, 4) is 17.2 Å². The molecule has 2 rings (SSSR count). The monoisotopic (exact) mass is 356 g/mol. The number of phenolic OH excluding ortho intramolecular Hbond substituents is 1. The lowest BCUT2D eigenvalue weighted by Crippen LogP contribution is -1.93. The lowest BCUT2D eigenvalue weighted by Gasteiger charge is -2.09. The highest BCUT2D eigenvalue weighted by atomic mass is 16.5. The number of benzene rings is 2. The molecule has 0 saturated carbocycles. The van der Waals surface area contributed by atoms with Crippen molar-refractivity contribution in [2.45, 2.75) is 57.8 Å². The second-order valence-electron chi connectivity index (χ2n) is 6.83. The molecule has 0 saturated heterocycles. The van der Waals surface area contributed by atoms with Gasteiger partial charge in [0.05, 0.1) is 14.2 Å². The summed E-state index contributed by atoms with van der Waals surface area (Å²) >= 11 is 0. The largest absolute Gasteiger partial charge is 0.508 e.